The highest BCUT2D eigenvalue weighted by Gasteiger charge is 2.30. The second-order valence-electron chi connectivity index (χ2n) is 19.0. The number of nitrogens with zero attached hydrogens (tertiary/aromatic N) is 1. The zero-order chi connectivity index (χ0) is 41.6. The summed E-state index contributed by atoms with van der Waals surface area (Å²) in [4.78, 5) is 74.9. The van der Waals surface area contributed by atoms with Gasteiger partial charge in [-0.2, -0.15) is 0 Å². The molecule has 0 saturated carbocycles. The van der Waals surface area contributed by atoms with Crippen molar-refractivity contribution in [2.24, 2.45) is 10.8 Å². The Morgan fingerprint density at radius 2 is 0.981 bits per heavy atom. The van der Waals surface area contributed by atoms with Crippen molar-refractivity contribution in [2.75, 3.05) is 32.8 Å². The van der Waals surface area contributed by atoms with Gasteiger partial charge >= 0.3 is 0 Å². The Kier molecular flexibility index (Phi) is 18.5. The summed E-state index contributed by atoms with van der Waals surface area (Å²) < 4.78 is 12.2. The average Bonchev–Trinajstić information content (AvgIpc) is 3.34. The summed E-state index contributed by atoms with van der Waals surface area (Å²) in [6.07, 6.45) is 6.88. The second kappa shape index (κ2) is 20.6. The number of hydrogen-bond acceptors (Lipinski definition) is 8. The summed E-state index contributed by atoms with van der Waals surface area (Å²) in [7, 11) is 0. The van der Waals surface area contributed by atoms with Crippen LogP contribution in [0.3, 0.4) is 0 Å². The number of carbonyl (C=O) groups excluding carboxylic acids is 6. The molecule has 0 atom stereocenters. The predicted molar refractivity (Wildman–Crippen MR) is 211 cm³/mol. The van der Waals surface area contributed by atoms with Crippen molar-refractivity contribution < 1.29 is 38.2 Å². The van der Waals surface area contributed by atoms with Crippen LogP contribution >= 0.6 is 0 Å². The second-order valence-corrected chi connectivity index (χ2v) is 19.0. The van der Waals surface area contributed by atoms with Gasteiger partial charge in [0, 0.05) is 80.8 Å². The van der Waals surface area contributed by atoms with Gasteiger partial charge in [-0.15, -0.1) is 0 Å². The topological polar surface area (TPSA) is 172 Å². The van der Waals surface area contributed by atoms with E-state index in [0.29, 0.717) is 58.4 Å². The van der Waals surface area contributed by atoms with Crippen LogP contribution in [0.2, 0.25) is 0 Å². The molecule has 1 heterocycles. The van der Waals surface area contributed by atoms with E-state index in [-0.39, 0.29) is 48.4 Å². The first-order chi connectivity index (χ1) is 24.5. The summed E-state index contributed by atoms with van der Waals surface area (Å²) >= 11 is 0. The van der Waals surface area contributed by atoms with Gasteiger partial charge < -0.3 is 30.7 Å². The zero-order valence-corrected chi connectivity index (χ0v) is 35.8. The molecule has 0 bridgehead atoms. The first kappa shape index (κ1) is 48.7. The van der Waals surface area contributed by atoms with E-state index < -0.39 is 39.5 Å². The van der Waals surface area contributed by atoms with Crippen molar-refractivity contribution in [1.82, 2.24) is 26.2 Å². The van der Waals surface area contributed by atoms with Crippen LogP contribution in [0.1, 0.15) is 148 Å². The Morgan fingerprint density at radius 1 is 0.556 bits per heavy atom. The minimum Gasteiger partial charge on any atom is -0.375 e. The third-order valence-electron chi connectivity index (χ3n) is 9.61. The van der Waals surface area contributed by atoms with E-state index in [4.69, 9.17) is 9.47 Å². The molecule has 0 spiro atoms. The maximum absolute atomic E-state index is 12.9. The highest BCUT2D eigenvalue weighted by atomic mass is 16.5. The van der Waals surface area contributed by atoms with Gasteiger partial charge in [0.15, 0.2) is 0 Å². The number of rotatable bonds is 25. The van der Waals surface area contributed by atoms with Gasteiger partial charge in [0.2, 0.25) is 23.6 Å². The summed E-state index contributed by atoms with van der Waals surface area (Å²) in [6.45, 7) is 27.4. The minimum absolute atomic E-state index is 0.00521. The standard InChI is InChI=1S/C41H73N5O8/c1-36(2,3)21-22-37(4,5)35(52)43-26-25-42-30(47)16-19-40(10,11)53-28-23-38(6,7)44-31(48)17-20-41(12,13)54-29-24-39(8,9)45-32(49)18-27-46-33(50)14-15-34(46)51/h14-15H,16-29H2,1-13H3,(H,42,47)(H,43,52)(H,44,48)(H,45,49). The van der Waals surface area contributed by atoms with Crippen LogP contribution in [-0.4, -0.2) is 95.5 Å². The van der Waals surface area contributed by atoms with Gasteiger partial charge in [0.1, 0.15) is 0 Å². The lowest BCUT2D eigenvalue weighted by Crippen LogP contribution is -2.46. The van der Waals surface area contributed by atoms with Crippen LogP contribution in [-0.2, 0) is 38.2 Å². The van der Waals surface area contributed by atoms with Crippen LogP contribution in [0, 0.1) is 10.8 Å². The summed E-state index contributed by atoms with van der Waals surface area (Å²) in [6, 6.07) is 0. The molecule has 13 nitrogen and oxygen atoms in total. The Morgan fingerprint density at radius 3 is 1.44 bits per heavy atom. The van der Waals surface area contributed by atoms with Crippen LogP contribution in [0.15, 0.2) is 12.2 Å². The Labute approximate surface area is 325 Å². The molecular formula is C41H73N5O8. The zero-order valence-electron chi connectivity index (χ0n) is 35.8. The van der Waals surface area contributed by atoms with E-state index in [2.05, 4.69) is 42.0 Å². The molecular weight excluding hydrogens is 690 g/mol. The number of nitrogens with one attached hydrogen (secondary N) is 4. The average molecular weight is 764 g/mol. The molecule has 0 saturated heterocycles. The SMILES string of the molecule is CC(C)(C)CCC(C)(C)C(=O)NCCNC(=O)CCC(C)(C)OCCC(C)(C)NC(=O)CCC(C)(C)OCCC(C)(C)NC(=O)CCN1C(=O)C=CC1=O. The maximum Gasteiger partial charge on any atom is 0.253 e. The van der Waals surface area contributed by atoms with Crippen LogP contribution in [0.5, 0.6) is 0 Å². The molecule has 0 aromatic rings. The number of imide groups is 1. The lowest BCUT2D eigenvalue weighted by Gasteiger charge is -2.32. The van der Waals surface area contributed by atoms with Gasteiger partial charge in [-0.3, -0.25) is 33.7 Å². The molecule has 0 aromatic carbocycles. The first-order valence-corrected chi connectivity index (χ1v) is 19.5. The Balaban J connectivity index is 2.31. The Hall–Kier alpha value is -3.32. The van der Waals surface area contributed by atoms with Gasteiger partial charge in [-0.25, -0.2) is 0 Å². The van der Waals surface area contributed by atoms with E-state index in [0.717, 1.165) is 17.7 Å². The number of ether oxygens (including phenoxy) is 2. The molecule has 13 heteroatoms. The van der Waals surface area contributed by atoms with Crippen molar-refractivity contribution in [2.45, 2.75) is 170 Å². The van der Waals surface area contributed by atoms with Gasteiger partial charge in [0.05, 0.1) is 11.2 Å². The number of amides is 6. The van der Waals surface area contributed by atoms with Crippen molar-refractivity contribution in [3.05, 3.63) is 12.2 Å². The van der Waals surface area contributed by atoms with Crippen LogP contribution in [0.25, 0.3) is 0 Å². The molecule has 0 fully saturated rings. The van der Waals surface area contributed by atoms with Gasteiger partial charge in [-0.1, -0.05) is 34.6 Å². The fourth-order valence-electron chi connectivity index (χ4n) is 5.51. The highest BCUT2D eigenvalue weighted by molar-refractivity contribution is 6.13. The van der Waals surface area contributed by atoms with Crippen molar-refractivity contribution in [3.63, 3.8) is 0 Å². The molecule has 310 valence electrons. The summed E-state index contributed by atoms with van der Waals surface area (Å²) in [5.41, 5.74) is -2.48. The van der Waals surface area contributed by atoms with Crippen molar-refractivity contribution in [3.8, 4) is 0 Å². The van der Waals surface area contributed by atoms with E-state index in [1.165, 1.54) is 12.2 Å². The molecule has 54 heavy (non-hydrogen) atoms. The smallest absolute Gasteiger partial charge is 0.253 e. The molecule has 4 N–H and O–H groups in total. The quantitative estimate of drug-likeness (QED) is 0.0735. The normalized spacial score (nSPS) is 14.4. The molecule has 0 aliphatic carbocycles. The van der Waals surface area contributed by atoms with E-state index >= 15 is 0 Å². The lowest BCUT2D eigenvalue weighted by molar-refractivity contribution is -0.137. The first-order valence-electron chi connectivity index (χ1n) is 19.5. The van der Waals surface area contributed by atoms with Crippen LogP contribution < -0.4 is 21.3 Å². The van der Waals surface area contributed by atoms with E-state index in [9.17, 15) is 28.8 Å². The van der Waals surface area contributed by atoms with E-state index in [1.54, 1.807) is 0 Å². The van der Waals surface area contributed by atoms with Crippen molar-refractivity contribution >= 4 is 35.4 Å². The molecule has 0 unspecified atom stereocenters. The third-order valence-corrected chi connectivity index (χ3v) is 9.61. The monoisotopic (exact) mass is 764 g/mol. The largest absolute Gasteiger partial charge is 0.375 e. The van der Waals surface area contributed by atoms with Gasteiger partial charge in [-0.05, 0) is 99.3 Å². The summed E-state index contributed by atoms with van der Waals surface area (Å²) in [5.74, 6) is -1.27. The minimum atomic E-state index is -0.571. The molecule has 1 aliphatic heterocycles. The van der Waals surface area contributed by atoms with Crippen molar-refractivity contribution in [1.29, 1.82) is 0 Å². The summed E-state index contributed by atoms with van der Waals surface area (Å²) in [5, 5.41) is 11.9. The molecule has 1 aliphatic rings. The Bertz CT molecular complexity index is 1310. The maximum atomic E-state index is 12.9. The fourth-order valence-corrected chi connectivity index (χ4v) is 5.51. The van der Waals surface area contributed by atoms with Crippen LogP contribution in [0.4, 0.5) is 0 Å². The lowest BCUT2D eigenvalue weighted by atomic mass is 9.79. The molecule has 1 rings (SSSR count). The number of hydrogen-bond donors (Lipinski definition) is 4. The fraction of sp³-hybridized carbons (Fsp3) is 0.805. The van der Waals surface area contributed by atoms with Gasteiger partial charge in [0.25, 0.3) is 11.8 Å². The third kappa shape index (κ3) is 21.0. The van der Waals surface area contributed by atoms with E-state index in [1.807, 2.05) is 69.2 Å². The molecule has 0 aromatic heterocycles. The molecule has 6 amide bonds. The number of carbonyl (C=O) groups is 6. The highest BCUT2D eigenvalue weighted by Crippen LogP contribution is 2.30. The molecule has 0 radical (unpaired) electrons. The predicted octanol–water partition coefficient (Wildman–Crippen LogP) is 5.11.